The number of rotatable bonds is 22. The molecule has 0 fully saturated rings. The standard InChI is InChI=1S/C40H58N8O10/c1-20(2)31(25-11-9-8-10-12-25)34(48-35(53)23(7)44-36(54)27(41)17-24-13-15-26(49)16-14-24)40(58)45-28(18-30(51)52)37(55)46-33(22(5)6)39(57)47-32(21(3)4)38(56)43-19-29(42)50/h8-16,20-23,27-28,31-34,49H,17-19,41H2,1-7H3,(H2,42,50)(H,43,56)(H,44,54)(H,45,58)(H,46,55)(H,47,57)(H,48,53)(H,51,52)/t23-,27+,28+,31-,32+,33+,34+/m1/s1. The van der Waals surface area contributed by atoms with Crippen LogP contribution in [0.4, 0.5) is 0 Å². The van der Waals surface area contributed by atoms with Gasteiger partial charge >= 0.3 is 5.97 Å². The van der Waals surface area contributed by atoms with E-state index in [-0.39, 0.29) is 18.1 Å². The molecule has 2 aromatic carbocycles. The van der Waals surface area contributed by atoms with Gasteiger partial charge in [-0.2, -0.15) is 0 Å². The number of aliphatic carboxylic acids is 1. The van der Waals surface area contributed by atoms with Crippen LogP contribution in [-0.2, 0) is 44.8 Å². The molecule has 2 rings (SSSR count). The normalized spacial score (nSPS) is 14.8. The van der Waals surface area contributed by atoms with E-state index in [1.54, 1.807) is 70.2 Å². The van der Waals surface area contributed by atoms with Crippen LogP contribution < -0.4 is 43.4 Å². The van der Waals surface area contributed by atoms with Gasteiger partial charge in [-0.05, 0) is 54.4 Å². The highest BCUT2D eigenvalue weighted by Crippen LogP contribution is 2.28. The zero-order valence-corrected chi connectivity index (χ0v) is 33.9. The van der Waals surface area contributed by atoms with E-state index in [0.29, 0.717) is 11.1 Å². The molecule has 58 heavy (non-hydrogen) atoms. The van der Waals surface area contributed by atoms with E-state index in [1.165, 1.54) is 19.1 Å². The van der Waals surface area contributed by atoms with Crippen LogP contribution in [0.5, 0.6) is 5.75 Å². The summed E-state index contributed by atoms with van der Waals surface area (Å²) in [6, 6.07) is 7.00. The molecule has 0 saturated carbocycles. The molecule has 0 unspecified atom stereocenters. The predicted molar refractivity (Wildman–Crippen MR) is 213 cm³/mol. The van der Waals surface area contributed by atoms with Crippen LogP contribution in [0.15, 0.2) is 54.6 Å². The number of carbonyl (C=O) groups is 8. The van der Waals surface area contributed by atoms with Crippen molar-refractivity contribution in [1.82, 2.24) is 31.9 Å². The highest BCUT2D eigenvalue weighted by atomic mass is 16.4. The Morgan fingerprint density at radius 1 is 0.603 bits per heavy atom. The third-order valence-electron chi connectivity index (χ3n) is 9.27. The van der Waals surface area contributed by atoms with Crippen LogP contribution >= 0.6 is 0 Å². The molecule has 18 heteroatoms. The summed E-state index contributed by atoms with van der Waals surface area (Å²) in [5.41, 5.74) is 12.5. The number of phenolic OH excluding ortho intramolecular Hbond substituents is 1. The summed E-state index contributed by atoms with van der Waals surface area (Å²) in [5.74, 6) is -9.15. The lowest BCUT2D eigenvalue weighted by molar-refractivity contribution is -0.142. The molecule has 0 radical (unpaired) electrons. The number of carbonyl (C=O) groups excluding carboxylic acids is 7. The van der Waals surface area contributed by atoms with E-state index in [1.807, 2.05) is 13.8 Å². The van der Waals surface area contributed by atoms with Crippen molar-refractivity contribution in [1.29, 1.82) is 0 Å². The first kappa shape index (κ1) is 48.1. The van der Waals surface area contributed by atoms with Gasteiger partial charge in [0.2, 0.25) is 41.4 Å². The van der Waals surface area contributed by atoms with Crippen molar-refractivity contribution in [3.8, 4) is 5.75 Å². The highest BCUT2D eigenvalue weighted by Gasteiger charge is 2.38. The quantitative estimate of drug-likeness (QED) is 0.0726. The number of primary amides is 1. The van der Waals surface area contributed by atoms with E-state index >= 15 is 0 Å². The van der Waals surface area contributed by atoms with Gasteiger partial charge in [0.25, 0.3) is 0 Å². The number of hydrogen-bond donors (Lipinski definition) is 10. The zero-order chi connectivity index (χ0) is 43.9. The van der Waals surface area contributed by atoms with E-state index in [9.17, 15) is 48.6 Å². The van der Waals surface area contributed by atoms with Crippen molar-refractivity contribution >= 4 is 47.3 Å². The Balaban J connectivity index is 2.37. The van der Waals surface area contributed by atoms with Gasteiger partial charge < -0.3 is 53.6 Å². The van der Waals surface area contributed by atoms with Gasteiger partial charge in [0.1, 0.15) is 36.0 Å². The van der Waals surface area contributed by atoms with Crippen molar-refractivity contribution in [2.45, 2.75) is 103 Å². The molecule has 0 saturated heterocycles. The molecular formula is C40H58N8O10. The van der Waals surface area contributed by atoms with E-state index in [0.717, 1.165) is 0 Å². The first-order chi connectivity index (χ1) is 27.1. The second kappa shape index (κ2) is 22.6. The molecule has 7 atom stereocenters. The Kier molecular flexibility index (Phi) is 18.8. The number of benzene rings is 2. The van der Waals surface area contributed by atoms with Gasteiger partial charge in [0.15, 0.2) is 0 Å². The number of nitrogens with one attached hydrogen (secondary N) is 6. The maximum absolute atomic E-state index is 14.3. The molecule has 12 N–H and O–H groups in total. The summed E-state index contributed by atoms with van der Waals surface area (Å²) < 4.78 is 0. The largest absolute Gasteiger partial charge is 0.508 e. The van der Waals surface area contributed by atoms with E-state index < -0.39 is 114 Å². The van der Waals surface area contributed by atoms with Crippen LogP contribution in [0.3, 0.4) is 0 Å². The average molecular weight is 811 g/mol. The molecule has 7 amide bonds. The second-order valence-electron chi connectivity index (χ2n) is 15.2. The van der Waals surface area contributed by atoms with E-state index in [4.69, 9.17) is 11.5 Å². The Morgan fingerprint density at radius 2 is 1.12 bits per heavy atom. The van der Waals surface area contributed by atoms with Gasteiger partial charge in [-0.15, -0.1) is 0 Å². The molecule has 0 aromatic heterocycles. The van der Waals surface area contributed by atoms with Crippen molar-refractivity contribution in [3.05, 3.63) is 65.7 Å². The predicted octanol–water partition coefficient (Wildman–Crippen LogP) is -0.466. The van der Waals surface area contributed by atoms with Gasteiger partial charge in [0, 0.05) is 5.92 Å². The SMILES string of the molecule is CC(C)[C@H](NC(=O)[C@H](CC(=O)O)NC(=O)[C@@H](NC(=O)[C@@H](C)NC(=O)[C@@H](N)Cc1ccc(O)cc1)[C@@H](c1ccccc1)C(C)C)C(=O)N[C@H](C(=O)NCC(N)=O)C(C)C. The average Bonchev–Trinajstić information content (AvgIpc) is 3.14. The highest BCUT2D eigenvalue weighted by molar-refractivity contribution is 5.98. The smallest absolute Gasteiger partial charge is 0.305 e. The Bertz CT molecular complexity index is 1750. The minimum absolute atomic E-state index is 0.0425. The van der Waals surface area contributed by atoms with Crippen LogP contribution in [0, 0.1) is 17.8 Å². The third-order valence-corrected chi connectivity index (χ3v) is 9.27. The molecule has 0 bridgehead atoms. The van der Waals surface area contributed by atoms with Crippen molar-refractivity contribution in [3.63, 3.8) is 0 Å². The molecule has 0 aliphatic heterocycles. The number of nitrogens with two attached hydrogens (primary N) is 2. The third kappa shape index (κ3) is 15.1. The second-order valence-corrected chi connectivity index (χ2v) is 15.2. The number of phenols is 1. The fraction of sp³-hybridized carbons (Fsp3) is 0.500. The molecule has 2 aromatic rings. The maximum atomic E-state index is 14.3. The number of carboxylic acids is 1. The molecular weight excluding hydrogens is 752 g/mol. The van der Waals surface area contributed by atoms with Crippen molar-refractivity contribution in [2.75, 3.05) is 6.54 Å². The number of hydrogen-bond acceptors (Lipinski definition) is 10. The number of amides is 7. The first-order valence-electron chi connectivity index (χ1n) is 19.0. The lowest BCUT2D eigenvalue weighted by Gasteiger charge is -2.33. The van der Waals surface area contributed by atoms with Gasteiger partial charge in [-0.1, -0.05) is 84.0 Å². The van der Waals surface area contributed by atoms with Gasteiger partial charge in [0.05, 0.1) is 19.0 Å². The fourth-order valence-corrected chi connectivity index (χ4v) is 6.10. The Hall–Kier alpha value is -6.04. The van der Waals surface area contributed by atoms with Crippen molar-refractivity contribution < 1.29 is 48.6 Å². The van der Waals surface area contributed by atoms with Crippen LogP contribution in [0.2, 0.25) is 0 Å². The topological polar surface area (TPSA) is 301 Å². The molecule has 0 aliphatic rings. The molecule has 0 spiro atoms. The summed E-state index contributed by atoms with van der Waals surface area (Å²) in [6.45, 7) is 11.0. The van der Waals surface area contributed by atoms with E-state index in [2.05, 4.69) is 31.9 Å². The fourth-order valence-electron chi connectivity index (χ4n) is 6.10. The molecule has 18 nitrogen and oxygen atoms in total. The minimum Gasteiger partial charge on any atom is -0.508 e. The summed E-state index contributed by atoms with van der Waals surface area (Å²) in [5, 5.41) is 34.4. The monoisotopic (exact) mass is 810 g/mol. The van der Waals surface area contributed by atoms with Crippen LogP contribution in [0.1, 0.15) is 71.9 Å². The molecule has 0 heterocycles. The van der Waals surface area contributed by atoms with Crippen molar-refractivity contribution in [2.24, 2.45) is 29.2 Å². The molecule has 0 aliphatic carbocycles. The lowest BCUT2D eigenvalue weighted by atomic mass is 9.81. The lowest BCUT2D eigenvalue weighted by Crippen LogP contribution is -2.61. The minimum atomic E-state index is -1.74. The summed E-state index contributed by atoms with van der Waals surface area (Å²) in [4.78, 5) is 104. The summed E-state index contributed by atoms with van der Waals surface area (Å²) in [7, 11) is 0. The first-order valence-corrected chi connectivity index (χ1v) is 19.0. The summed E-state index contributed by atoms with van der Waals surface area (Å²) >= 11 is 0. The zero-order valence-electron chi connectivity index (χ0n) is 33.9. The van der Waals surface area contributed by atoms with Gasteiger partial charge in [-0.25, -0.2) is 0 Å². The Labute approximate surface area is 338 Å². The maximum Gasteiger partial charge on any atom is 0.305 e. The van der Waals surface area contributed by atoms with Crippen LogP contribution in [-0.4, -0.2) is 100 Å². The molecule has 318 valence electrons. The summed E-state index contributed by atoms with van der Waals surface area (Å²) in [6.07, 6.45) is -0.802. The van der Waals surface area contributed by atoms with Crippen LogP contribution in [0.25, 0.3) is 0 Å². The Morgan fingerprint density at radius 3 is 1.64 bits per heavy atom. The van der Waals surface area contributed by atoms with Gasteiger partial charge in [-0.3, -0.25) is 38.4 Å². The number of carboxylic acid groups (broad SMARTS) is 1. The number of aromatic hydroxyl groups is 1.